The Kier molecular flexibility index (Phi) is 2.82. The predicted octanol–water partition coefficient (Wildman–Crippen LogP) is 2.83. The van der Waals surface area contributed by atoms with E-state index in [1.54, 1.807) is 0 Å². The summed E-state index contributed by atoms with van der Waals surface area (Å²) in [5, 5.41) is 9.49. The van der Waals surface area contributed by atoms with Crippen LogP contribution in [0, 0.1) is 10.8 Å². The van der Waals surface area contributed by atoms with Crippen molar-refractivity contribution in [2.45, 2.75) is 46.1 Å². The molecule has 2 atom stereocenters. The van der Waals surface area contributed by atoms with Gasteiger partial charge in [0.2, 0.25) is 0 Å². The number of hydrogen-bond donors (Lipinski definition) is 1. The van der Waals surface area contributed by atoms with Crippen molar-refractivity contribution in [3.63, 3.8) is 0 Å². The van der Waals surface area contributed by atoms with Crippen LogP contribution >= 0.6 is 0 Å². The highest BCUT2D eigenvalue weighted by Gasteiger charge is 2.51. The van der Waals surface area contributed by atoms with Gasteiger partial charge in [0.05, 0.1) is 11.8 Å². The molecule has 2 aliphatic rings. The highest BCUT2D eigenvalue weighted by atomic mass is 16.3. The van der Waals surface area contributed by atoms with E-state index in [4.69, 9.17) is 0 Å². The predicted molar refractivity (Wildman–Crippen MR) is 76.5 cm³/mol. The van der Waals surface area contributed by atoms with E-state index >= 15 is 0 Å². The standard InChI is InChI=1S/C16H22N2O2/c1-15(2)5-12-6-16(3,9-15)10-18(12)14(20)11-4-13(19)8-17-7-11/h4,7-8,12,19H,5-6,9-10H2,1-3H3. The van der Waals surface area contributed by atoms with Crippen molar-refractivity contribution in [1.29, 1.82) is 0 Å². The van der Waals surface area contributed by atoms with Crippen molar-refractivity contribution in [1.82, 2.24) is 9.88 Å². The molecule has 2 heterocycles. The molecule has 2 unspecified atom stereocenters. The number of aromatic hydroxyl groups is 1. The monoisotopic (exact) mass is 274 g/mol. The van der Waals surface area contributed by atoms with Crippen molar-refractivity contribution in [3.05, 3.63) is 24.0 Å². The minimum atomic E-state index is -0.000162. The van der Waals surface area contributed by atoms with Gasteiger partial charge in [-0.3, -0.25) is 9.78 Å². The highest BCUT2D eigenvalue weighted by molar-refractivity contribution is 5.94. The first-order valence-electron chi connectivity index (χ1n) is 7.23. The molecule has 1 aromatic heterocycles. The van der Waals surface area contributed by atoms with Crippen LogP contribution in [0.5, 0.6) is 5.75 Å². The molecule has 1 amide bonds. The maximum Gasteiger partial charge on any atom is 0.255 e. The van der Waals surface area contributed by atoms with Gasteiger partial charge in [0.1, 0.15) is 5.75 Å². The lowest BCUT2D eigenvalue weighted by Gasteiger charge is -2.39. The minimum absolute atomic E-state index is 0.000162. The molecular formula is C16H22N2O2. The Hall–Kier alpha value is -1.58. The molecule has 2 bridgehead atoms. The van der Waals surface area contributed by atoms with E-state index in [2.05, 4.69) is 25.8 Å². The summed E-state index contributed by atoms with van der Waals surface area (Å²) in [6.45, 7) is 7.69. The number of hydrogen-bond acceptors (Lipinski definition) is 3. The van der Waals surface area contributed by atoms with Crippen LogP contribution in [0.2, 0.25) is 0 Å². The van der Waals surface area contributed by atoms with Crippen LogP contribution in [0.25, 0.3) is 0 Å². The molecule has 1 aliphatic carbocycles. The molecule has 1 saturated heterocycles. The first-order valence-corrected chi connectivity index (χ1v) is 7.23. The van der Waals surface area contributed by atoms with Gasteiger partial charge >= 0.3 is 0 Å². The third-order valence-corrected chi connectivity index (χ3v) is 4.65. The molecule has 1 N–H and O–H groups in total. The number of carbonyl (C=O) groups excluding carboxylic acids is 1. The molecular weight excluding hydrogens is 252 g/mol. The van der Waals surface area contributed by atoms with E-state index in [0.29, 0.717) is 17.0 Å². The van der Waals surface area contributed by atoms with E-state index in [1.165, 1.54) is 24.9 Å². The van der Waals surface area contributed by atoms with Gasteiger partial charge in [0.25, 0.3) is 5.91 Å². The summed E-state index contributed by atoms with van der Waals surface area (Å²) in [4.78, 5) is 18.6. The van der Waals surface area contributed by atoms with Crippen molar-refractivity contribution in [2.24, 2.45) is 10.8 Å². The second-order valence-electron chi connectivity index (χ2n) is 7.58. The Morgan fingerprint density at radius 3 is 2.80 bits per heavy atom. The summed E-state index contributed by atoms with van der Waals surface area (Å²) in [5.41, 5.74) is 1.01. The molecule has 0 aromatic carbocycles. The SMILES string of the molecule is CC1(C)CC2CC(C)(CN2C(=O)c2cncc(O)c2)C1. The third kappa shape index (κ3) is 2.28. The van der Waals surface area contributed by atoms with Gasteiger partial charge in [-0.05, 0) is 36.2 Å². The van der Waals surface area contributed by atoms with Crippen molar-refractivity contribution >= 4 is 5.91 Å². The average Bonchev–Trinajstić information content (AvgIpc) is 2.57. The van der Waals surface area contributed by atoms with Crippen LogP contribution in [-0.4, -0.2) is 33.5 Å². The van der Waals surface area contributed by atoms with Crippen molar-refractivity contribution in [2.75, 3.05) is 6.54 Å². The molecule has 108 valence electrons. The number of rotatable bonds is 1. The fourth-order valence-electron chi connectivity index (χ4n) is 4.41. The van der Waals surface area contributed by atoms with Gasteiger partial charge in [-0.2, -0.15) is 0 Å². The number of aromatic nitrogens is 1. The number of pyridine rings is 1. The summed E-state index contributed by atoms with van der Waals surface area (Å²) >= 11 is 0. The largest absolute Gasteiger partial charge is 0.506 e. The summed E-state index contributed by atoms with van der Waals surface area (Å²) in [6.07, 6.45) is 6.20. The Morgan fingerprint density at radius 2 is 2.10 bits per heavy atom. The highest BCUT2D eigenvalue weighted by Crippen LogP contribution is 2.52. The lowest BCUT2D eigenvalue weighted by atomic mass is 9.65. The smallest absolute Gasteiger partial charge is 0.255 e. The van der Waals surface area contributed by atoms with E-state index < -0.39 is 0 Å². The molecule has 3 rings (SSSR count). The van der Waals surface area contributed by atoms with Crippen LogP contribution in [0.15, 0.2) is 18.5 Å². The van der Waals surface area contributed by atoms with Crippen LogP contribution < -0.4 is 0 Å². The molecule has 0 radical (unpaired) electrons. The van der Waals surface area contributed by atoms with Crippen molar-refractivity contribution in [3.8, 4) is 5.75 Å². The normalized spacial score (nSPS) is 31.4. The summed E-state index contributed by atoms with van der Waals surface area (Å²) in [5.74, 6) is 0.0457. The molecule has 0 spiro atoms. The Morgan fingerprint density at radius 1 is 1.35 bits per heavy atom. The van der Waals surface area contributed by atoms with Gasteiger partial charge in [0.15, 0.2) is 0 Å². The third-order valence-electron chi connectivity index (χ3n) is 4.65. The zero-order valence-electron chi connectivity index (χ0n) is 12.4. The Balaban J connectivity index is 1.87. The number of nitrogens with zero attached hydrogens (tertiary/aromatic N) is 2. The van der Waals surface area contributed by atoms with E-state index in [9.17, 15) is 9.90 Å². The van der Waals surface area contributed by atoms with Crippen LogP contribution in [0.1, 0.15) is 50.4 Å². The number of likely N-dealkylation sites (tertiary alicyclic amines) is 1. The van der Waals surface area contributed by atoms with Crippen LogP contribution in [0.4, 0.5) is 0 Å². The number of fused-ring (bicyclic) bond motifs is 2. The summed E-state index contributed by atoms with van der Waals surface area (Å²) in [6, 6.07) is 1.82. The maximum atomic E-state index is 12.7. The summed E-state index contributed by atoms with van der Waals surface area (Å²) < 4.78 is 0. The first kappa shape index (κ1) is 13.4. The minimum Gasteiger partial charge on any atom is -0.506 e. The van der Waals surface area contributed by atoms with Gasteiger partial charge in [-0.1, -0.05) is 20.8 Å². The van der Waals surface area contributed by atoms with Gasteiger partial charge in [-0.15, -0.1) is 0 Å². The van der Waals surface area contributed by atoms with E-state index in [-0.39, 0.29) is 17.1 Å². The second-order valence-corrected chi connectivity index (χ2v) is 7.58. The maximum absolute atomic E-state index is 12.7. The average molecular weight is 274 g/mol. The fourth-order valence-corrected chi connectivity index (χ4v) is 4.41. The molecule has 1 saturated carbocycles. The Labute approximate surface area is 119 Å². The van der Waals surface area contributed by atoms with Crippen LogP contribution in [0.3, 0.4) is 0 Å². The lowest BCUT2D eigenvalue weighted by molar-refractivity contribution is 0.0707. The second kappa shape index (κ2) is 4.21. The zero-order valence-corrected chi connectivity index (χ0v) is 12.4. The fraction of sp³-hybridized carbons (Fsp3) is 0.625. The first-order chi connectivity index (χ1) is 9.28. The van der Waals surface area contributed by atoms with Gasteiger partial charge in [0, 0.05) is 18.8 Å². The van der Waals surface area contributed by atoms with Crippen molar-refractivity contribution < 1.29 is 9.90 Å². The van der Waals surface area contributed by atoms with E-state index in [0.717, 1.165) is 19.4 Å². The quantitative estimate of drug-likeness (QED) is 0.856. The molecule has 1 aromatic rings. The van der Waals surface area contributed by atoms with E-state index in [1.807, 2.05) is 4.90 Å². The number of amides is 1. The number of carbonyl (C=O) groups is 1. The Bertz CT molecular complexity index is 555. The van der Waals surface area contributed by atoms with Gasteiger partial charge in [-0.25, -0.2) is 0 Å². The molecule has 4 heteroatoms. The lowest BCUT2D eigenvalue weighted by Crippen LogP contribution is -2.37. The molecule has 2 fully saturated rings. The molecule has 1 aliphatic heterocycles. The molecule has 4 nitrogen and oxygen atoms in total. The zero-order chi connectivity index (χ0) is 14.5. The topological polar surface area (TPSA) is 53.4 Å². The summed E-state index contributed by atoms with van der Waals surface area (Å²) in [7, 11) is 0. The molecule has 20 heavy (non-hydrogen) atoms. The van der Waals surface area contributed by atoms with Crippen LogP contribution in [-0.2, 0) is 0 Å². The van der Waals surface area contributed by atoms with Gasteiger partial charge < -0.3 is 10.0 Å².